The van der Waals surface area contributed by atoms with E-state index in [-0.39, 0.29) is 11.6 Å². The zero-order valence-corrected chi connectivity index (χ0v) is 14.8. The fraction of sp³-hybridized carbons (Fsp3) is 0.800. The van der Waals surface area contributed by atoms with Gasteiger partial charge in [-0.3, -0.25) is 0 Å². The summed E-state index contributed by atoms with van der Waals surface area (Å²) in [7, 11) is -1.75. The Balaban J connectivity index is 2.25. The molecule has 0 radical (unpaired) electrons. The van der Waals surface area contributed by atoms with Crippen LogP contribution in [0.1, 0.15) is 27.2 Å². The van der Waals surface area contributed by atoms with Gasteiger partial charge in [-0.2, -0.15) is 13.2 Å². The number of halogens is 3. The van der Waals surface area contributed by atoms with Gasteiger partial charge in [0, 0.05) is 6.61 Å². The third kappa shape index (κ3) is 5.76. The van der Waals surface area contributed by atoms with Gasteiger partial charge in [-0.15, -0.1) is 0 Å². The molecule has 1 fully saturated rings. The lowest BCUT2D eigenvalue weighted by atomic mass is 10.2. The zero-order chi connectivity index (χ0) is 17.2. The maximum Gasteiger partial charge on any atom is 0.490 e. The number of hydrogen-bond acceptors (Lipinski definition) is 3. The van der Waals surface area contributed by atoms with E-state index in [4.69, 9.17) is 4.43 Å². The lowest BCUT2D eigenvalue weighted by molar-refractivity contribution is -0.198. The van der Waals surface area contributed by atoms with Crippen LogP contribution in [-0.2, 0) is 14.0 Å². The highest BCUT2D eigenvalue weighted by Gasteiger charge is 2.42. The molecule has 3 nitrogen and oxygen atoms in total. The quantitative estimate of drug-likeness (QED) is 0.411. The SMILES string of the molecule is CC(C)(C)[Si](C)(C)OC[C@@H]1C[C@H]1/C=C/COC(=O)C(F)(F)F. The van der Waals surface area contributed by atoms with Crippen molar-refractivity contribution in [3.63, 3.8) is 0 Å². The average Bonchev–Trinajstić information content (AvgIpc) is 3.08. The standard InChI is InChI=1S/C15H25F3O3Si/c1-14(2,3)22(4,5)21-10-12-9-11(12)7-6-8-20-13(19)15(16,17)18/h6-7,11-12H,8-10H2,1-5H3/b7-6+/t11-,12+/m1/s1. The molecule has 0 unspecified atom stereocenters. The molecule has 0 heterocycles. The number of allylic oxidation sites excluding steroid dienone is 1. The summed E-state index contributed by atoms with van der Waals surface area (Å²) in [6.07, 6.45) is -0.671. The largest absolute Gasteiger partial charge is 0.490 e. The minimum Gasteiger partial charge on any atom is -0.455 e. The maximum atomic E-state index is 11.9. The third-order valence-electron chi connectivity index (χ3n) is 4.37. The van der Waals surface area contributed by atoms with Crippen LogP contribution in [0.25, 0.3) is 0 Å². The molecule has 1 rings (SSSR count). The number of carbonyl (C=O) groups excluding carboxylic acids is 1. The number of carbonyl (C=O) groups is 1. The zero-order valence-electron chi connectivity index (χ0n) is 13.8. The van der Waals surface area contributed by atoms with Crippen molar-refractivity contribution >= 4 is 14.3 Å². The molecule has 1 aliphatic carbocycles. The molecule has 2 atom stereocenters. The molecule has 0 N–H and O–H groups in total. The minimum absolute atomic E-state index is 0.166. The Kier molecular flexibility index (Phi) is 5.89. The average molecular weight is 338 g/mol. The topological polar surface area (TPSA) is 35.5 Å². The van der Waals surface area contributed by atoms with E-state index in [1.165, 1.54) is 6.08 Å². The lowest BCUT2D eigenvalue weighted by Gasteiger charge is -2.36. The molecule has 0 aromatic rings. The number of esters is 1. The van der Waals surface area contributed by atoms with Crippen LogP contribution in [0.3, 0.4) is 0 Å². The Bertz CT molecular complexity index is 425. The van der Waals surface area contributed by atoms with Crippen LogP contribution in [0.4, 0.5) is 13.2 Å². The molecule has 0 bridgehead atoms. The van der Waals surface area contributed by atoms with Gasteiger partial charge in [-0.25, -0.2) is 4.79 Å². The van der Waals surface area contributed by atoms with Crippen LogP contribution < -0.4 is 0 Å². The summed E-state index contributed by atoms with van der Waals surface area (Å²) in [5.74, 6) is -1.41. The maximum absolute atomic E-state index is 11.9. The third-order valence-corrected chi connectivity index (χ3v) is 8.87. The van der Waals surface area contributed by atoms with Crippen LogP contribution in [-0.4, -0.2) is 33.7 Å². The second-order valence-corrected chi connectivity index (χ2v) is 12.1. The molecule has 0 aliphatic heterocycles. The van der Waals surface area contributed by atoms with Crippen LogP contribution in [0, 0.1) is 11.8 Å². The second kappa shape index (κ2) is 6.74. The van der Waals surface area contributed by atoms with Crippen LogP contribution in [0.15, 0.2) is 12.2 Å². The van der Waals surface area contributed by atoms with Gasteiger partial charge in [-0.05, 0) is 36.4 Å². The molecule has 0 aromatic heterocycles. The smallest absolute Gasteiger partial charge is 0.455 e. The first kappa shape index (κ1) is 19.2. The normalized spacial score (nSPS) is 22.9. The summed E-state index contributed by atoms with van der Waals surface area (Å²) in [6, 6.07) is 0. The highest BCUT2D eigenvalue weighted by Crippen LogP contribution is 2.43. The molecule has 128 valence electrons. The Morgan fingerprint density at radius 3 is 2.36 bits per heavy atom. The fourth-order valence-electron chi connectivity index (χ4n) is 1.67. The van der Waals surface area contributed by atoms with Gasteiger partial charge in [0.1, 0.15) is 6.61 Å². The van der Waals surface area contributed by atoms with E-state index < -0.39 is 20.5 Å². The predicted molar refractivity (Wildman–Crippen MR) is 80.9 cm³/mol. The van der Waals surface area contributed by atoms with Gasteiger partial charge in [-0.1, -0.05) is 32.9 Å². The molecule has 0 saturated heterocycles. The molecule has 22 heavy (non-hydrogen) atoms. The molecule has 0 amide bonds. The number of ether oxygens (including phenoxy) is 1. The van der Waals surface area contributed by atoms with E-state index >= 15 is 0 Å². The van der Waals surface area contributed by atoms with Gasteiger partial charge in [0.25, 0.3) is 0 Å². The van der Waals surface area contributed by atoms with Crippen molar-refractivity contribution in [3.8, 4) is 0 Å². The Hall–Kier alpha value is -0.823. The monoisotopic (exact) mass is 338 g/mol. The number of alkyl halides is 3. The van der Waals surface area contributed by atoms with Crippen molar-refractivity contribution < 1.29 is 27.1 Å². The second-order valence-electron chi connectivity index (χ2n) is 7.26. The van der Waals surface area contributed by atoms with E-state index in [1.807, 2.05) is 6.08 Å². The first-order valence-corrected chi connectivity index (χ1v) is 10.3. The molecule has 1 saturated carbocycles. The predicted octanol–water partition coefficient (Wildman–Crippen LogP) is 4.31. The molecule has 1 aliphatic rings. The van der Waals surface area contributed by atoms with E-state index in [0.29, 0.717) is 18.4 Å². The van der Waals surface area contributed by atoms with Gasteiger partial charge < -0.3 is 9.16 Å². The first-order valence-electron chi connectivity index (χ1n) is 7.39. The molecule has 0 aromatic carbocycles. The van der Waals surface area contributed by atoms with Crippen LogP contribution >= 0.6 is 0 Å². The molecule has 7 heteroatoms. The fourth-order valence-corrected chi connectivity index (χ4v) is 2.73. The van der Waals surface area contributed by atoms with Crippen molar-refractivity contribution in [3.05, 3.63) is 12.2 Å². The van der Waals surface area contributed by atoms with Crippen molar-refractivity contribution in [2.75, 3.05) is 13.2 Å². The summed E-state index contributed by atoms with van der Waals surface area (Å²) in [5, 5.41) is 0.166. The van der Waals surface area contributed by atoms with Gasteiger partial charge in [0.05, 0.1) is 0 Å². The minimum atomic E-state index is -4.92. The van der Waals surface area contributed by atoms with Crippen LogP contribution in [0.5, 0.6) is 0 Å². The molecular formula is C15H25F3O3Si. The lowest BCUT2D eigenvalue weighted by Crippen LogP contribution is -2.41. The Labute approximate surface area is 131 Å². The van der Waals surface area contributed by atoms with Gasteiger partial charge in [0.15, 0.2) is 8.32 Å². The van der Waals surface area contributed by atoms with E-state index in [9.17, 15) is 18.0 Å². The van der Waals surface area contributed by atoms with Crippen molar-refractivity contribution in [1.82, 2.24) is 0 Å². The van der Waals surface area contributed by atoms with Crippen molar-refractivity contribution in [2.45, 2.75) is 51.5 Å². The summed E-state index contributed by atoms with van der Waals surface area (Å²) in [5.41, 5.74) is 0. The van der Waals surface area contributed by atoms with E-state index in [1.54, 1.807) is 0 Å². The highest BCUT2D eigenvalue weighted by atomic mass is 28.4. The summed E-state index contributed by atoms with van der Waals surface area (Å²) in [6.45, 7) is 11.3. The summed E-state index contributed by atoms with van der Waals surface area (Å²) < 4.78 is 45.9. The molecular weight excluding hydrogens is 313 g/mol. The summed E-state index contributed by atoms with van der Waals surface area (Å²) in [4.78, 5) is 10.5. The number of hydrogen-bond donors (Lipinski definition) is 0. The summed E-state index contributed by atoms with van der Waals surface area (Å²) >= 11 is 0. The van der Waals surface area contributed by atoms with E-state index in [2.05, 4.69) is 38.6 Å². The van der Waals surface area contributed by atoms with E-state index in [0.717, 1.165) is 6.42 Å². The van der Waals surface area contributed by atoms with Crippen LogP contribution in [0.2, 0.25) is 18.1 Å². The Morgan fingerprint density at radius 1 is 1.27 bits per heavy atom. The number of rotatable bonds is 6. The molecule has 0 spiro atoms. The van der Waals surface area contributed by atoms with Gasteiger partial charge in [0.2, 0.25) is 0 Å². The first-order chi connectivity index (χ1) is 9.84. The highest BCUT2D eigenvalue weighted by molar-refractivity contribution is 6.74. The Morgan fingerprint density at radius 2 is 1.86 bits per heavy atom. The van der Waals surface area contributed by atoms with Gasteiger partial charge >= 0.3 is 12.1 Å². The van der Waals surface area contributed by atoms with Crippen molar-refractivity contribution in [1.29, 1.82) is 0 Å². The van der Waals surface area contributed by atoms with Crippen molar-refractivity contribution in [2.24, 2.45) is 11.8 Å².